The van der Waals surface area contributed by atoms with Crippen LogP contribution in [-0.2, 0) is 11.3 Å². The minimum absolute atomic E-state index is 0.345. The summed E-state index contributed by atoms with van der Waals surface area (Å²) in [5.41, 5.74) is 0.797. The molecule has 0 saturated carbocycles. The number of rotatable bonds is 5. The summed E-state index contributed by atoms with van der Waals surface area (Å²) in [5.74, 6) is -0.345. The highest BCUT2D eigenvalue weighted by molar-refractivity contribution is 5.15. The largest absolute Gasteiger partial charge is 0.522 e. The molecule has 0 radical (unpaired) electrons. The van der Waals surface area contributed by atoms with Gasteiger partial charge >= 0.3 is 6.36 Å². The summed E-state index contributed by atoms with van der Waals surface area (Å²) in [6.07, 6.45) is -4.61. The van der Waals surface area contributed by atoms with Crippen molar-refractivity contribution >= 4 is 0 Å². The van der Waals surface area contributed by atoms with Crippen molar-refractivity contribution < 1.29 is 22.3 Å². The summed E-state index contributed by atoms with van der Waals surface area (Å²) in [4.78, 5) is 0. The van der Waals surface area contributed by atoms with E-state index in [-0.39, 0.29) is 5.82 Å². The molecule has 0 heterocycles. The van der Waals surface area contributed by atoms with E-state index >= 15 is 0 Å². The summed E-state index contributed by atoms with van der Waals surface area (Å²) in [7, 11) is 0. The summed E-state index contributed by atoms with van der Waals surface area (Å²) in [6.45, 7) is 1.49. The highest BCUT2D eigenvalue weighted by atomic mass is 19.4. The SMILES string of the molecule is CC(COC(F)(F)F)NCc1ccc(F)cc1. The smallest absolute Gasteiger partial charge is 0.308 e. The van der Waals surface area contributed by atoms with Crippen LogP contribution in [0.4, 0.5) is 17.6 Å². The van der Waals surface area contributed by atoms with Gasteiger partial charge in [0.05, 0.1) is 6.61 Å². The first-order valence-electron chi connectivity index (χ1n) is 5.05. The molecule has 0 aliphatic rings. The number of benzene rings is 1. The number of ether oxygens (including phenoxy) is 1. The maximum Gasteiger partial charge on any atom is 0.522 e. The molecule has 0 fully saturated rings. The lowest BCUT2D eigenvalue weighted by molar-refractivity contribution is -0.326. The molecule has 1 N–H and O–H groups in total. The van der Waals surface area contributed by atoms with Crippen LogP contribution < -0.4 is 5.32 Å². The molecule has 1 rings (SSSR count). The molecule has 0 saturated heterocycles. The quantitative estimate of drug-likeness (QED) is 0.812. The van der Waals surface area contributed by atoms with E-state index in [0.29, 0.717) is 6.54 Å². The van der Waals surface area contributed by atoms with Gasteiger partial charge in [-0.2, -0.15) is 0 Å². The third-order valence-corrected chi connectivity index (χ3v) is 2.06. The zero-order valence-electron chi connectivity index (χ0n) is 9.22. The molecule has 2 nitrogen and oxygen atoms in total. The highest BCUT2D eigenvalue weighted by Crippen LogP contribution is 2.16. The second-order valence-corrected chi connectivity index (χ2v) is 3.67. The Balaban J connectivity index is 2.28. The molecule has 1 aromatic carbocycles. The second-order valence-electron chi connectivity index (χ2n) is 3.67. The molecule has 0 spiro atoms. The molecule has 0 aromatic heterocycles. The van der Waals surface area contributed by atoms with Gasteiger partial charge in [-0.3, -0.25) is 4.74 Å². The predicted octanol–water partition coefficient (Wildman–Crippen LogP) is 2.84. The molecule has 0 aliphatic heterocycles. The van der Waals surface area contributed by atoms with E-state index in [4.69, 9.17) is 0 Å². The van der Waals surface area contributed by atoms with E-state index in [1.54, 1.807) is 19.1 Å². The summed E-state index contributed by atoms with van der Waals surface area (Å²) in [5, 5.41) is 2.84. The fourth-order valence-electron chi connectivity index (χ4n) is 1.17. The minimum atomic E-state index is -4.61. The van der Waals surface area contributed by atoms with Gasteiger partial charge in [0.1, 0.15) is 5.82 Å². The Kier molecular flexibility index (Phi) is 4.89. The number of hydrogen-bond donors (Lipinski definition) is 1. The Morgan fingerprint density at radius 1 is 1.24 bits per heavy atom. The predicted molar refractivity (Wildman–Crippen MR) is 54.7 cm³/mol. The normalized spacial score (nSPS) is 13.7. The van der Waals surface area contributed by atoms with Crippen molar-refractivity contribution in [3.63, 3.8) is 0 Å². The first-order valence-corrected chi connectivity index (χ1v) is 5.05. The minimum Gasteiger partial charge on any atom is -0.308 e. The summed E-state index contributed by atoms with van der Waals surface area (Å²) < 4.78 is 51.4. The van der Waals surface area contributed by atoms with Gasteiger partial charge in [0.25, 0.3) is 0 Å². The van der Waals surface area contributed by atoms with Gasteiger partial charge in [-0.05, 0) is 24.6 Å². The van der Waals surface area contributed by atoms with Crippen LogP contribution in [0.15, 0.2) is 24.3 Å². The zero-order chi connectivity index (χ0) is 12.9. The van der Waals surface area contributed by atoms with Crippen LogP contribution in [0.5, 0.6) is 0 Å². The topological polar surface area (TPSA) is 21.3 Å². The van der Waals surface area contributed by atoms with Crippen molar-refractivity contribution in [3.05, 3.63) is 35.6 Å². The maximum atomic E-state index is 12.6. The molecule has 96 valence electrons. The molecule has 1 unspecified atom stereocenters. The second kappa shape index (κ2) is 5.97. The van der Waals surface area contributed by atoms with Crippen LogP contribution in [0.25, 0.3) is 0 Å². The lowest BCUT2D eigenvalue weighted by atomic mass is 10.2. The lowest BCUT2D eigenvalue weighted by Gasteiger charge is -2.15. The van der Waals surface area contributed by atoms with Crippen molar-refractivity contribution in [2.45, 2.75) is 25.9 Å². The molecular weight excluding hydrogens is 238 g/mol. The van der Waals surface area contributed by atoms with Crippen molar-refractivity contribution in [1.29, 1.82) is 0 Å². The zero-order valence-corrected chi connectivity index (χ0v) is 9.22. The molecule has 0 aliphatic carbocycles. The number of hydrogen-bond acceptors (Lipinski definition) is 2. The lowest BCUT2D eigenvalue weighted by Crippen LogP contribution is -2.32. The Labute approximate surface area is 96.6 Å². The van der Waals surface area contributed by atoms with E-state index in [0.717, 1.165) is 5.56 Å². The van der Waals surface area contributed by atoms with E-state index in [1.165, 1.54) is 12.1 Å². The summed E-state index contributed by atoms with van der Waals surface area (Å²) in [6, 6.07) is 5.29. The van der Waals surface area contributed by atoms with E-state index in [2.05, 4.69) is 10.1 Å². The van der Waals surface area contributed by atoms with Gasteiger partial charge in [0, 0.05) is 12.6 Å². The van der Waals surface area contributed by atoms with Crippen molar-refractivity contribution in [3.8, 4) is 0 Å². The Morgan fingerprint density at radius 2 is 1.82 bits per heavy atom. The van der Waals surface area contributed by atoms with Crippen molar-refractivity contribution in [1.82, 2.24) is 5.32 Å². The Morgan fingerprint density at radius 3 is 2.35 bits per heavy atom. The fraction of sp³-hybridized carbons (Fsp3) is 0.455. The molecular formula is C11H13F4NO. The van der Waals surface area contributed by atoms with Crippen LogP contribution in [0.3, 0.4) is 0 Å². The third kappa shape index (κ3) is 6.23. The monoisotopic (exact) mass is 251 g/mol. The van der Waals surface area contributed by atoms with Crippen LogP contribution in [0.2, 0.25) is 0 Å². The van der Waals surface area contributed by atoms with Crippen molar-refractivity contribution in [2.75, 3.05) is 6.61 Å². The van der Waals surface area contributed by atoms with Gasteiger partial charge < -0.3 is 5.32 Å². The number of halogens is 4. The van der Waals surface area contributed by atoms with Gasteiger partial charge in [0.15, 0.2) is 0 Å². The molecule has 6 heteroatoms. The van der Waals surface area contributed by atoms with Crippen LogP contribution in [0.1, 0.15) is 12.5 Å². The average molecular weight is 251 g/mol. The van der Waals surface area contributed by atoms with E-state index < -0.39 is 19.0 Å². The standard InChI is InChI=1S/C11H13F4NO/c1-8(7-17-11(13,14)15)16-6-9-2-4-10(12)5-3-9/h2-5,8,16H,6-7H2,1H3. The first kappa shape index (κ1) is 13.9. The van der Waals surface area contributed by atoms with Gasteiger partial charge in [0.2, 0.25) is 0 Å². The molecule has 0 amide bonds. The van der Waals surface area contributed by atoms with E-state index in [9.17, 15) is 17.6 Å². The Hall–Kier alpha value is -1.14. The van der Waals surface area contributed by atoms with Gasteiger partial charge in [-0.15, -0.1) is 13.2 Å². The first-order chi connectivity index (χ1) is 7.87. The number of nitrogens with one attached hydrogen (secondary N) is 1. The van der Waals surface area contributed by atoms with E-state index in [1.807, 2.05) is 0 Å². The third-order valence-electron chi connectivity index (χ3n) is 2.06. The molecule has 0 bridgehead atoms. The number of alkyl halides is 3. The maximum absolute atomic E-state index is 12.6. The van der Waals surface area contributed by atoms with Gasteiger partial charge in [-0.25, -0.2) is 4.39 Å². The average Bonchev–Trinajstić information content (AvgIpc) is 2.25. The van der Waals surface area contributed by atoms with Crippen LogP contribution >= 0.6 is 0 Å². The van der Waals surface area contributed by atoms with Crippen LogP contribution in [-0.4, -0.2) is 19.0 Å². The Bertz CT molecular complexity index is 336. The van der Waals surface area contributed by atoms with Crippen LogP contribution in [0, 0.1) is 5.82 Å². The highest BCUT2D eigenvalue weighted by Gasteiger charge is 2.29. The fourth-order valence-corrected chi connectivity index (χ4v) is 1.17. The van der Waals surface area contributed by atoms with Gasteiger partial charge in [-0.1, -0.05) is 12.1 Å². The molecule has 1 atom stereocenters. The van der Waals surface area contributed by atoms with Crippen molar-refractivity contribution in [2.24, 2.45) is 0 Å². The summed E-state index contributed by atoms with van der Waals surface area (Å²) >= 11 is 0. The molecule has 1 aromatic rings. The molecule has 17 heavy (non-hydrogen) atoms.